The third-order valence-corrected chi connectivity index (χ3v) is 4.00. The third-order valence-electron chi connectivity index (χ3n) is 3.76. The number of rotatable bonds is 10. The van der Waals surface area contributed by atoms with Crippen LogP contribution in [0.4, 0.5) is 0 Å². The summed E-state index contributed by atoms with van der Waals surface area (Å²) in [5.41, 5.74) is 1.33. The number of ether oxygens (including phenoxy) is 1. The van der Waals surface area contributed by atoms with E-state index in [1.807, 2.05) is 12.1 Å². The smallest absolute Gasteiger partial charge is 0.0587 e. The molecule has 1 aromatic carbocycles. The average molecular weight is 298 g/mol. The van der Waals surface area contributed by atoms with Crippen LogP contribution in [0.5, 0.6) is 0 Å². The second-order valence-electron chi connectivity index (χ2n) is 5.65. The zero-order valence-electron chi connectivity index (χ0n) is 13.0. The molecule has 0 aromatic heterocycles. The second kappa shape index (κ2) is 10.2. The Kier molecular flexibility index (Phi) is 8.92. The predicted molar refractivity (Wildman–Crippen MR) is 87.5 cm³/mol. The Bertz CT molecular complexity index is 370. The Balaban J connectivity index is 2.52. The SMILES string of the molecule is CCC(C)CC(CNCCOC)Cc1cccc(Cl)c1. The third kappa shape index (κ3) is 7.28. The van der Waals surface area contributed by atoms with Gasteiger partial charge in [-0.25, -0.2) is 0 Å². The maximum absolute atomic E-state index is 6.07. The van der Waals surface area contributed by atoms with E-state index in [4.69, 9.17) is 16.3 Å². The van der Waals surface area contributed by atoms with Crippen LogP contribution in [0.25, 0.3) is 0 Å². The summed E-state index contributed by atoms with van der Waals surface area (Å²) >= 11 is 6.07. The molecule has 0 aliphatic heterocycles. The van der Waals surface area contributed by atoms with Crippen molar-refractivity contribution in [3.05, 3.63) is 34.9 Å². The lowest BCUT2D eigenvalue weighted by Crippen LogP contribution is -2.28. The van der Waals surface area contributed by atoms with Crippen LogP contribution in [0.2, 0.25) is 5.02 Å². The van der Waals surface area contributed by atoms with Gasteiger partial charge in [-0.05, 0) is 48.9 Å². The van der Waals surface area contributed by atoms with E-state index in [2.05, 4.69) is 31.3 Å². The van der Waals surface area contributed by atoms with Gasteiger partial charge >= 0.3 is 0 Å². The van der Waals surface area contributed by atoms with Crippen molar-refractivity contribution < 1.29 is 4.74 Å². The van der Waals surface area contributed by atoms with Crippen molar-refractivity contribution in [2.75, 3.05) is 26.8 Å². The van der Waals surface area contributed by atoms with Gasteiger partial charge in [0.15, 0.2) is 0 Å². The highest BCUT2D eigenvalue weighted by Gasteiger charge is 2.13. The molecule has 0 aliphatic rings. The monoisotopic (exact) mass is 297 g/mol. The maximum Gasteiger partial charge on any atom is 0.0587 e. The lowest BCUT2D eigenvalue weighted by atomic mass is 9.89. The summed E-state index contributed by atoms with van der Waals surface area (Å²) in [5, 5.41) is 4.32. The predicted octanol–water partition coefficient (Wildman–Crippen LogP) is 4.17. The minimum atomic E-state index is 0.653. The van der Waals surface area contributed by atoms with E-state index < -0.39 is 0 Å². The molecule has 0 spiro atoms. The van der Waals surface area contributed by atoms with Crippen LogP contribution in [-0.2, 0) is 11.2 Å². The first-order valence-corrected chi connectivity index (χ1v) is 7.97. The number of nitrogens with one attached hydrogen (secondary N) is 1. The van der Waals surface area contributed by atoms with Crippen LogP contribution < -0.4 is 5.32 Å². The van der Waals surface area contributed by atoms with E-state index in [1.54, 1.807) is 7.11 Å². The highest BCUT2D eigenvalue weighted by atomic mass is 35.5. The fourth-order valence-electron chi connectivity index (χ4n) is 2.45. The molecule has 3 heteroatoms. The van der Waals surface area contributed by atoms with Crippen molar-refractivity contribution in [2.45, 2.75) is 33.1 Å². The second-order valence-corrected chi connectivity index (χ2v) is 6.08. The van der Waals surface area contributed by atoms with Gasteiger partial charge in [-0.15, -0.1) is 0 Å². The van der Waals surface area contributed by atoms with Gasteiger partial charge in [-0.3, -0.25) is 0 Å². The average Bonchev–Trinajstić information content (AvgIpc) is 2.43. The van der Waals surface area contributed by atoms with Crippen LogP contribution in [0.15, 0.2) is 24.3 Å². The zero-order chi connectivity index (χ0) is 14.8. The first-order chi connectivity index (χ1) is 9.65. The molecular formula is C17H28ClNO. The molecule has 0 heterocycles. The first-order valence-electron chi connectivity index (χ1n) is 7.59. The molecule has 2 unspecified atom stereocenters. The molecule has 1 aromatic rings. The van der Waals surface area contributed by atoms with Crippen molar-refractivity contribution in [3.63, 3.8) is 0 Å². The highest BCUT2D eigenvalue weighted by molar-refractivity contribution is 6.30. The van der Waals surface area contributed by atoms with Crippen LogP contribution in [0, 0.1) is 11.8 Å². The Morgan fingerprint density at radius 3 is 2.80 bits per heavy atom. The molecule has 0 aliphatic carbocycles. The Morgan fingerprint density at radius 2 is 2.15 bits per heavy atom. The largest absolute Gasteiger partial charge is 0.383 e. The van der Waals surface area contributed by atoms with Crippen LogP contribution >= 0.6 is 11.6 Å². The number of hydrogen-bond donors (Lipinski definition) is 1. The van der Waals surface area contributed by atoms with Crippen LogP contribution in [-0.4, -0.2) is 26.8 Å². The van der Waals surface area contributed by atoms with Crippen LogP contribution in [0.1, 0.15) is 32.3 Å². The van der Waals surface area contributed by atoms with Gasteiger partial charge in [0.05, 0.1) is 6.61 Å². The molecule has 1 rings (SSSR count). The number of benzene rings is 1. The minimum absolute atomic E-state index is 0.653. The van der Waals surface area contributed by atoms with Crippen molar-refractivity contribution in [3.8, 4) is 0 Å². The van der Waals surface area contributed by atoms with E-state index in [9.17, 15) is 0 Å². The number of hydrogen-bond acceptors (Lipinski definition) is 2. The van der Waals surface area contributed by atoms with Crippen molar-refractivity contribution >= 4 is 11.6 Å². The van der Waals surface area contributed by atoms with E-state index in [1.165, 1.54) is 18.4 Å². The fourth-order valence-corrected chi connectivity index (χ4v) is 2.67. The molecule has 0 amide bonds. The number of halogens is 1. The molecule has 20 heavy (non-hydrogen) atoms. The molecular weight excluding hydrogens is 270 g/mol. The molecule has 2 atom stereocenters. The van der Waals surface area contributed by atoms with E-state index in [0.29, 0.717) is 5.92 Å². The van der Waals surface area contributed by atoms with Gasteiger partial charge in [0.2, 0.25) is 0 Å². The highest BCUT2D eigenvalue weighted by Crippen LogP contribution is 2.20. The van der Waals surface area contributed by atoms with Gasteiger partial charge in [0.25, 0.3) is 0 Å². The number of methoxy groups -OCH3 is 1. The molecule has 0 saturated carbocycles. The van der Waals surface area contributed by atoms with E-state index in [0.717, 1.165) is 37.1 Å². The maximum atomic E-state index is 6.07. The Labute approximate surface area is 128 Å². The van der Waals surface area contributed by atoms with Gasteiger partial charge in [0, 0.05) is 18.7 Å². The van der Waals surface area contributed by atoms with Gasteiger partial charge < -0.3 is 10.1 Å². The molecule has 0 saturated heterocycles. The zero-order valence-corrected chi connectivity index (χ0v) is 13.7. The van der Waals surface area contributed by atoms with Crippen LogP contribution in [0.3, 0.4) is 0 Å². The summed E-state index contributed by atoms with van der Waals surface area (Å²) in [6.45, 7) is 7.33. The van der Waals surface area contributed by atoms with Crippen molar-refractivity contribution in [1.82, 2.24) is 5.32 Å². The lowest BCUT2D eigenvalue weighted by Gasteiger charge is -2.21. The van der Waals surface area contributed by atoms with Gasteiger partial charge in [-0.2, -0.15) is 0 Å². The topological polar surface area (TPSA) is 21.3 Å². The molecule has 0 bridgehead atoms. The molecule has 0 fully saturated rings. The standard InChI is InChI=1S/C17H28ClNO/c1-4-14(2)10-16(13-19-8-9-20-3)11-15-6-5-7-17(18)12-15/h5-7,12,14,16,19H,4,8-11,13H2,1-3H3. The summed E-state index contributed by atoms with van der Waals surface area (Å²) in [4.78, 5) is 0. The summed E-state index contributed by atoms with van der Waals surface area (Å²) in [7, 11) is 1.74. The quantitative estimate of drug-likeness (QED) is 0.654. The summed E-state index contributed by atoms with van der Waals surface area (Å²) < 4.78 is 5.08. The normalized spacial score (nSPS) is 14.2. The fraction of sp³-hybridized carbons (Fsp3) is 0.647. The Morgan fingerprint density at radius 1 is 1.35 bits per heavy atom. The van der Waals surface area contributed by atoms with E-state index >= 15 is 0 Å². The van der Waals surface area contributed by atoms with E-state index in [-0.39, 0.29) is 0 Å². The molecule has 0 radical (unpaired) electrons. The minimum Gasteiger partial charge on any atom is -0.383 e. The Hall–Kier alpha value is -0.570. The summed E-state index contributed by atoms with van der Waals surface area (Å²) in [6.07, 6.45) is 3.58. The van der Waals surface area contributed by atoms with Crippen molar-refractivity contribution in [1.29, 1.82) is 0 Å². The molecule has 114 valence electrons. The summed E-state index contributed by atoms with van der Waals surface area (Å²) in [6, 6.07) is 8.23. The lowest BCUT2D eigenvalue weighted by molar-refractivity contribution is 0.196. The van der Waals surface area contributed by atoms with Crippen molar-refractivity contribution in [2.24, 2.45) is 11.8 Å². The summed E-state index contributed by atoms with van der Waals surface area (Å²) in [5.74, 6) is 1.42. The first kappa shape index (κ1) is 17.5. The molecule has 2 nitrogen and oxygen atoms in total. The van der Waals surface area contributed by atoms with Gasteiger partial charge in [-0.1, -0.05) is 44.0 Å². The van der Waals surface area contributed by atoms with Gasteiger partial charge in [0.1, 0.15) is 0 Å². The molecule has 1 N–H and O–H groups in total.